The number of aromatic nitrogens is 2. The lowest BCUT2D eigenvalue weighted by Crippen LogP contribution is -2.38. The Kier molecular flexibility index (Phi) is 3.41. The van der Waals surface area contributed by atoms with Crippen molar-refractivity contribution in [1.29, 1.82) is 0 Å². The molecular weight excluding hydrogens is 312 g/mol. The first kappa shape index (κ1) is 14.7. The molecule has 2 aromatic heterocycles. The van der Waals surface area contributed by atoms with Crippen molar-refractivity contribution in [3.63, 3.8) is 0 Å². The van der Waals surface area contributed by atoms with Crippen molar-refractivity contribution in [2.24, 2.45) is 11.8 Å². The van der Waals surface area contributed by atoms with Crippen molar-refractivity contribution in [2.45, 2.75) is 32.2 Å². The fourth-order valence-electron chi connectivity index (χ4n) is 4.04. The van der Waals surface area contributed by atoms with Crippen LogP contribution in [0, 0.1) is 18.8 Å². The molecule has 0 bridgehead atoms. The van der Waals surface area contributed by atoms with Crippen LogP contribution in [0.5, 0.6) is 0 Å². The maximum atomic E-state index is 13.0. The molecule has 3 atom stereocenters. The van der Waals surface area contributed by atoms with Crippen LogP contribution < -0.4 is 5.32 Å². The van der Waals surface area contributed by atoms with E-state index in [0.29, 0.717) is 24.0 Å². The molecule has 23 heavy (non-hydrogen) atoms. The lowest BCUT2D eigenvalue weighted by Gasteiger charge is -2.24. The fraction of sp³-hybridized carbons (Fsp3) is 0.562. The van der Waals surface area contributed by atoms with Crippen LogP contribution in [0.2, 0.25) is 0 Å². The van der Waals surface area contributed by atoms with Crippen molar-refractivity contribution in [3.05, 3.63) is 23.0 Å². The Hall–Kier alpha value is -1.89. The minimum Gasteiger partial charge on any atom is -0.356 e. The Morgan fingerprint density at radius 1 is 1.43 bits per heavy atom. The molecule has 1 aliphatic heterocycles. The van der Waals surface area contributed by atoms with Crippen LogP contribution in [0.15, 0.2) is 11.6 Å². The van der Waals surface area contributed by atoms with E-state index < -0.39 is 0 Å². The second-order valence-corrected chi connectivity index (χ2v) is 7.54. The Morgan fingerprint density at radius 2 is 2.22 bits per heavy atom. The molecule has 1 saturated carbocycles. The molecular formula is C16H20N4O2S. The van der Waals surface area contributed by atoms with Gasteiger partial charge in [0.15, 0.2) is 4.96 Å². The monoisotopic (exact) mass is 332 g/mol. The van der Waals surface area contributed by atoms with Crippen LogP contribution in [-0.4, -0.2) is 45.7 Å². The van der Waals surface area contributed by atoms with Gasteiger partial charge in [-0.2, -0.15) is 0 Å². The number of imidazole rings is 1. The smallest absolute Gasteiger partial charge is 0.272 e. The van der Waals surface area contributed by atoms with Gasteiger partial charge in [-0.1, -0.05) is 0 Å². The third kappa shape index (κ3) is 2.34. The molecule has 3 heterocycles. The van der Waals surface area contributed by atoms with Gasteiger partial charge in [0.25, 0.3) is 5.91 Å². The predicted octanol–water partition coefficient (Wildman–Crippen LogP) is 1.69. The molecule has 2 aromatic rings. The van der Waals surface area contributed by atoms with Gasteiger partial charge in [-0.25, -0.2) is 4.98 Å². The van der Waals surface area contributed by atoms with Gasteiger partial charge in [-0.05, 0) is 31.6 Å². The topological polar surface area (TPSA) is 66.7 Å². The maximum absolute atomic E-state index is 13.0. The third-order valence-electron chi connectivity index (χ3n) is 5.33. The summed E-state index contributed by atoms with van der Waals surface area (Å²) in [5.74, 6) is 1.08. The summed E-state index contributed by atoms with van der Waals surface area (Å²) in [6.45, 7) is 2.64. The van der Waals surface area contributed by atoms with Crippen molar-refractivity contribution in [1.82, 2.24) is 19.6 Å². The minimum atomic E-state index is 0.0244. The molecule has 1 saturated heterocycles. The summed E-state index contributed by atoms with van der Waals surface area (Å²) in [5, 5.41) is 4.89. The fourth-order valence-corrected chi connectivity index (χ4v) is 4.80. The highest BCUT2D eigenvalue weighted by Crippen LogP contribution is 2.38. The predicted molar refractivity (Wildman–Crippen MR) is 87.5 cm³/mol. The van der Waals surface area contributed by atoms with E-state index in [1.165, 1.54) is 11.3 Å². The van der Waals surface area contributed by atoms with Crippen molar-refractivity contribution in [3.8, 4) is 0 Å². The lowest BCUT2D eigenvalue weighted by molar-refractivity contribution is -0.124. The van der Waals surface area contributed by atoms with Gasteiger partial charge in [0, 0.05) is 37.6 Å². The summed E-state index contributed by atoms with van der Waals surface area (Å²) >= 11 is 1.54. The molecule has 122 valence electrons. The number of nitrogens with zero attached hydrogens (tertiary/aromatic N) is 3. The number of carbonyl (C=O) groups is 2. The number of carbonyl (C=O) groups excluding carboxylic acids is 2. The molecule has 0 unspecified atom stereocenters. The van der Waals surface area contributed by atoms with Crippen LogP contribution in [0.1, 0.15) is 35.4 Å². The van der Waals surface area contributed by atoms with Crippen LogP contribution in [-0.2, 0) is 4.79 Å². The quantitative estimate of drug-likeness (QED) is 0.910. The summed E-state index contributed by atoms with van der Waals surface area (Å²) in [6.07, 6.45) is 4.39. The summed E-state index contributed by atoms with van der Waals surface area (Å²) in [4.78, 5) is 31.7. The van der Waals surface area contributed by atoms with Gasteiger partial charge in [0.1, 0.15) is 5.69 Å². The highest BCUT2D eigenvalue weighted by atomic mass is 32.1. The molecule has 0 aromatic carbocycles. The minimum absolute atomic E-state index is 0.0244. The van der Waals surface area contributed by atoms with Crippen LogP contribution in [0.25, 0.3) is 4.96 Å². The van der Waals surface area contributed by atoms with Crippen LogP contribution >= 0.6 is 11.3 Å². The van der Waals surface area contributed by atoms with E-state index in [9.17, 15) is 9.59 Å². The van der Waals surface area contributed by atoms with Crippen molar-refractivity contribution in [2.75, 3.05) is 13.6 Å². The second-order valence-electron chi connectivity index (χ2n) is 6.67. The molecule has 1 aliphatic carbocycles. The SMILES string of the molecule is Cc1nc2sccn2c1C(=O)N(C)[C@H]1C[C@H]2CC(=O)NC[C@H]2C1. The van der Waals surface area contributed by atoms with Gasteiger partial charge in [-0.15, -0.1) is 11.3 Å². The molecule has 4 rings (SSSR count). The third-order valence-corrected chi connectivity index (χ3v) is 6.09. The number of piperidine rings is 1. The average Bonchev–Trinajstić information content (AvgIpc) is 3.18. The molecule has 0 spiro atoms. The first-order valence-electron chi connectivity index (χ1n) is 8.00. The van der Waals surface area contributed by atoms with E-state index in [1.807, 2.05) is 34.8 Å². The van der Waals surface area contributed by atoms with E-state index >= 15 is 0 Å². The van der Waals surface area contributed by atoms with Crippen molar-refractivity contribution >= 4 is 28.1 Å². The zero-order valence-electron chi connectivity index (χ0n) is 13.3. The van der Waals surface area contributed by atoms with Gasteiger partial charge in [0.2, 0.25) is 5.91 Å². The zero-order valence-corrected chi connectivity index (χ0v) is 14.1. The Balaban J connectivity index is 1.56. The molecule has 1 N–H and O–H groups in total. The second kappa shape index (κ2) is 5.33. The maximum Gasteiger partial charge on any atom is 0.272 e. The highest BCUT2D eigenvalue weighted by Gasteiger charge is 2.41. The van der Waals surface area contributed by atoms with Gasteiger partial charge >= 0.3 is 0 Å². The number of fused-ring (bicyclic) bond motifs is 2. The number of amides is 2. The van der Waals surface area contributed by atoms with Gasteiger partial charge in [0.05, 0.1) is 5.69 Å². The lowest BCUT2D eigenvalue weighted by atomic mass is 9.89. The summed E-state index contributed by atoms with van der Waals surface area (Å²) in [5.41, 5.74) is 1.44. The first-order chi connectivity index (χ1) is 11.0. The van der Waals surface area contributed by atoms with Gasteiger partial charge < -0.3 is 10.2 Å². The Bertz CT molecular complexity index is 780. The first-order valence-corrected chi connectivity index (χ1v) is 8.88. The number of aryl methyl sites for hydroxylation is 1. The molecule has 7 heteroatoms. The van der Waals surface area contributed by atoms with Crippen LogP contribution in [0.3, 0.4) is 0 Å². The van der Waals surface area contributed by atoms with E-state index in [-0.39, 0.29) is 17.9 Å². The van der Waals surface area contributed by atoms with E-state index in [2.05, 4.69) is 10.3 Å². The zero-order chi connectivity index (χ0) is 16.1. The van der Waals surface area contributed by atoms with Gasteiger partial charge in [-0.3, -0.25) is 14.0 Å². The standard InChI is InChI=1S/C16H20N4O2S/c1-9-14(20-3-4-23-16(20)18-9)15(22)19(2)12-5-10-7-13(21)17-8-11(10)6-12/h3-4,10-12H,5-8H2,1-2H3,(H,17,21)/t10-,11+,12-/m0/s1. The Morgan fingerprint density at radius 3 is 3.04 bits per heavy atom. The average molecular weight is 332 g/mol. The number of hydrogen-bond donors (Lipinski definition) is 1. The number of thiazole rings is 1. The van der Waals surface area contributed by atoms with E-state index in [1.54, 1.807) is 0 Å². The number of rotatable bonds is 2. The molecule has 0 radical (unpaired) electrons. The Labute approximate surface area is 138 Å². The van der Waals surface area contributed by atoms with Crippen molar-refractivity contribution < 1.29 is 9.59 Å². The summed E-state index contributed by atoms with van der Waals surface area (Å²) in [7, 11) is 1.88. The molecule has 2 amide bonds. The van der Waals surface area contributed by atoms with Crippen LogP contribution in [0.4, 0.5) is 0 Å². The molecule has 2 fully saturated rings. The normalized spacial score (nSPS) is 27.0. The summed E-state index contributed by atoms with van der Waals surface area (Å²) < 4.78 is 1.88. The van der Waals surface area contributed by atoms with E-state index in [0.717, 1.165) is 30.0 Å². The number of hydrogen-bond acceptors (Lipinski definition) is 4. The molecule has 6 nitrogen and oxygen atoms in total. The summed E-state index contributed by atoms with van der Waals surface area (Å²) in [6, 6.07) is 0.203. The van der Waals surface area contributed by atoms with E-state index in [4.69, 9.17) is 0 Å². The largest absolute Gasteiger partial charge is 0.356 e. The highest BCUT2D eigenvalue weighted by molar-refractivity contribution is 7.15. The molecule has 2 aliphatic rings. The number of nitrogens with one attached hydrogen (secondary N) is 1.